The maximum atomic E-state index is 10.7. The number of carbonyl (C=O) groups excluding carboxylic acids is 1. The standard InChI is InChI=1S/C11H10N2O6/c12-10(14)6-19-9-5-7(2-4-11(15)16)1-3-8(9)13(17)18/h1-5H,6H2,(H2,12,14)(H,15,16)/b4-2+. The molecule has 0 saturated heterocycles. The van der Waals surface area contributed by atoms with Gasteiger partial charge in [-0.3, -0.25) is 14.9 Å². The third kappa shape index (κ3) is 4.46. The molecule has 1 rings (SSSR count). The highest BCUT2D eigenvalue weighted by atomic mass is 16.6. The highest BCUT2D eigenvalue weighted by Crippen LogP contribution is 2.28. The van der Waals surface area contributed by atoms with Gasteiger partial charge in [0, 0.05) is 12.1 Å². The molecule has 0 fully saturated rings. The number of nitrogens with zero attached hydrogens (tertiary/aromatic N) is 1. The van der Waals surface area contributed by atoms with Gasteiger partial charge in [-0.1, -0.05) is 0 Å². The van der Waals surface area contributed by atoms with Crippen molar-refractivity contribution in [2.24, 2.45) is 5.73 Å². The third-order valence-corrected chi connectivity index (χ3v) is 1.97. The van der Waals surface area contributed by atoms with Crippen molar-refractivity contribution in [2.45, 2.75) is 0 Å². The molecule has 1 aromatic carbocycles. The van der Waals surface area contributed by atoms with Crippen LogP contribution in [0.4, 0.5) is 5.69 Å². The molecule has 0 heterocycles. The molecule has 0 aromatic heterocycles. The Labute approximate surface area is 107 Å². The average Bonchev–Trinajstić information content (AvgIpc) is 2.33. The summed E-state index contributed by atoms with van der Waals surface area (Å²) in [6.07, 6.45) is 2.11. The third-order valence-electron chi connectivity index (χ3n) is 1.97. The number of hydrogen-bond donors (Lipinski definition) is 2. The molecule has 1 amide bonds. The Bertz CT molecular complexity index is 552. The molecule has 19 heavy (non-hydrogen) atoms. The van der Waals surface area contributed by atoms with Gasteiger partial charge in [0.2, 0.25) is 0 Å². The molecule has 0 aliphatic heterocycles. The van der Waals surface area contributed by atoms with Gasteiger partial charge in [0.1, 0.15) is 0 Å². The Hall–Kier alpha value is -2.90. The Kier molecular flexibility index (Phi) is 4.58. The van der Waals surface area contributed by atoms with Crippen LogP contribution < -0.4 is 10.5 Å². The van der Waals surface area contributed by atoms with Gasteiger partial charge in [0.15, 0.2) is 12.4 Å². The van der Waals surface area contributed by atoms with E-state index in [2.05, 4.69) is 0 Å². The molecule has 0 saturated carbocycles. The van der Waals surface area contributed by atoms with E-state index < -0.39 is 23.4 Å². The maximum absolute atomic E-state index is 10.7. The van der Waals surface area contributed by atoms with Crippen LogP contribution in [0.3, 0.4) is 0 Å². The number of hydrogen-bond acceptors (Lipinski definition) is 5. The van der Waals surface area contributed by atoms with E-state index in [0.29, 0.717) is 5.56 Å². The summed E-state index contributed by atoms with van der Waals surface area (Å²) < 4.78 is 4.91. The highest BCUT2D eigenvalue weighted by Gasteiger charge is 2.15. The molecule has 0 atom stereocenters. The summed E-state index contributed by atoms with van der Waals surface area (Å²) in [6, 6.07) is 3.76. The monoisotopic (exact) mass is 266 g/mol. The predicted molar refractivity (Wildman–Crippen MR) is 64.5 cm³/mol. The molecule has 3 N–H and O–H groups in total. The number of aliphatic carboxylic acids is 1. The maximum Gasteiger partial charge on any atom is 0.328 e. The van der Waals surface area contributed by atoms with Gasteiger partial charge in [-0.15, -0.1) is 0 Å². The van der Waals surface area contributed by atoms with Crippen LogP contribution in [-0.2, 0) is 9.59 Å². The van der Waals surface area contributed by atoms with E-state index in [1.165, 1.54) is 18.2 Å². The summed E-state index contributed by atoms with van der Waals surface area (Å²) in [4.78, 5) is 31.0. The van der Waals surface area contributed by atoms with E-state index in [-0.39, 0.29) is 11.4 Å². The fraction of sp³-hybridized carbons (Fsp3) is 0.0909. The van der Waals surface area contributed by atoms with Crippen molar-refractivity contribution in [3.05, 3.63) is 40.0 Å². The van der Waals surface area contributed by atoms with E-state index in [9.17, 15) is 19.7 Å². The minimum atomic E-state index is -1.15. The molecule has 100 valence electrons. The normalized spacial score (nSPS) is 10.3. The second-order valence-corrected chi connectivity index (χ2v) is 3.41. The molecule has 0 unspecified atom stereocenters. The van der Waals surface area contributed by atoms with E-state index in [1.54, 1.807) is 0 Å². The summed E-state index contributed by atoms with van der Waals surface area (Å²) in [5, 5.41) is 19.2. The van der Waals surface area contributed by atoms with Gasteiger partial charge in [0.05, 0.1) is 4.92 Å². The Morgan fingerprint density at radius 2 is 2.16 bits per heavy atom. The minimum absolute atomic E-state index is 0.156. The van der Waals surface area contributed by atoms with Gasteiger partial charge in [-0.05, 0) is 23.8 Å². The average molecular weight is 266 g/mol. The number of carboxylic acid groups (broad SMARTS) is 1. The van der Waals surface area contributed by atoms with Crippen LogP contribution in [0.15, 0.2) is 24.3 Å². The predicted octanol–water partition coefficient (Wildman–Crippen LogP) is 0.557. The second kappa shape index (κ2) is 6.15. The number of carboxylic acids is 1. The smallest absolute Gasteiger partial charge is 0.328 e. The molecule has 0 aliphatic carbocycles. The van der Waals surface area contributed by atoms with E-state index >= 15 is 0 Å². The largest absolute Gasteiger partial charge is 0.478 e. The van der Waals surface area contributed by atoms with Crippen LogP contribution >= 0.6 is 0 Å². The van der Waals surface area contributed by atoms with Gasteiger partial charge in [-0.25, -0.2) is 4.79 Å². The molecule has 0 radical (unpaired) electrons. The fourth-order valence-electron chi connectivity index (χ4n) is 1.22. The Morgan fingerprint density at radius 3 is 2.68 bits per heavy atom. The summed E-state index contributed by atoms with van der Waals surface area (Å²) in [5.41, 5.74) is 4.92. The number of benzene rings is 1. The van der Waals surface area contributed by atoms with Crippen LogP contribution in [0.25, 0.3) is 6.08 Å². The number of ether oxygens (including phenoxy) is 1. The first kappa shape index (κ1) is 14.2. The van der Waals surface area contributed by atoms with Gasteiger partial charge in [0.25, 0.3) is 5.91 Å². The SMILES string of the molecule is NC(=O)COc1cc(/C=C/C(=O)O)ccc1[N+](=O)[O-]. The fourth-order valence-corrected chi connectivity index (χ4v) is 1.22. The van der Waals surface area contributed by atoms with Crippen molar-refractivity contribution in [3.63, 3.8) is 0 Å². The van der Waals surface area contributed by atoms with Crippen LogP contribution in [0.2, 0.25) is 0 Å². The second-order valence-electron chi connectivity index (χ2n) is 3.41. The number of nitro groups is 1. The number of primary amides is 1. The van der Waals surface area contributed by atoms with Gasteiger partial charge < -0.3 is 15.6 Å². The van der Waals surface area contributed by atoms with E-state index in [0.717, 1.165) is 12.1 Å². The molecule has 0 aliphatic rings. The lowest BCUT2D eigenvalue weighted by molar-refractivity contribution is -0.385. The summed E-state index contributed by atoms with van der Waals surface area (Å²) in [5.74, 6) is -2.09. The lowest BCUT2D eigenvalue weighted by Gasteiger charge is -2.05. The molecule has 8 heteroatoms. The van der Waals surface area contributed by atoms with E-state index in [1.807, 2.05) is 0 Å². The number of nitro benzene ring substituents is 1. The Morgan fingerprint density at radius 1 is 1.47 bits per heavy atom. The zero-order valence-corrected chi connectivity index (χ0v) is 9.61. The topological polar surface area (TPSA) is 133 Å². The lowest BCUT2D eigenvalue weighted by atomic mass is 10.1. The molecule has 0 spiro atoms. The van der Waals surface area contributed by atoms with Crippen molar-refractivity contribution < 1.29 is 24.4 Å². The van der Waals surface area contributed by atoms with Crippen molar-refractivity contribution in [2.75, 3.05) is 6.61 Å². The van der Waals surface area contributed by atoms with Crippen molar-refractivity contribution >= 4 is 23.6 Å². The first-order valence-corrected chi connectivity index (χ1v) is 5.00. The first-order chi connectivity index (χ1) is 8.90. The van der Waals surface area contributed by atoms with Crippen LogP contribution in [0.5, 0.6) is 5.75 Å². The molecule has 0 bridgehead atoms. The lowest BCUT2D eigenvalue weighted by Crippen LogP contribution is -2.20. The molecular weight excluding hydrogens is 256 g/mol. The van der Waals surface area contributed by atoms with Gasteiger partial charge in [-0.2, -0.15) is 0 Å². The summed E-state index contributed by atoms with van der Waals surface area (Å²) >= 11 is 0. The summed E-state index contributed by atoms with van der Waals surface area (Å²) in [7, 11) is 0. The molecule has 8 nitrogen and oxygen atoms in total. The number of rotatable bonds is 6. The number of nitrogens with two attached hydrogens (primary N) is 1. The quantitative estimate of drug-likeness (QED) is 0.439. The van der Waals surface area contributed by atoms with E-state index in [4.69, 9.17) is 15.6 Å². The molecule has 1 aromatic rings. The first-order valence-electron chi connectivity index (χ1n) is 5.00. The van der Waals surface area contributed by atoms with Crippen molar-refractivity contribution in [1.29, 1.82) is 0 Å². The highest BCUT2D eigenvalue weighted by molar-refractivity contribution is 5.85. The zero-order chi connectivity index (χ0) is 14.4. The number of carbonyl (C=O) groups is 2. The van der Waals surface area contributed by atoms with Gasteiger partial charge >= 0.3 is 11.7 Å². The summed E-state index contributed by atoms with van der Waals surface area (Å²) in [6.45, 7) is -0.507. The van der Waals surface area contributed by atoms with Crippen LogP contribution in [-0.4, -0.2) is 28.5 Å². The number of amides is 1. The minimum Gasteiger partial charge on any atom is -0.478 e. The van der Waals surface area contributed by atoms with Crippen molar-refractivity contribution in [3.8, 4) is 5.75 Å². The van der Waals surface area contributed by atoms with Crippen LogP contribution in [0.1, 0.15) is 5.56 Å². The molecular formula is C11H10N2O6. The Balaban J connectivity index is 3.06. The van der Waals surface area contributed by atoms with Crippen LogP contribution in [0, 0.1) is 10.1 Å². The van der Waals surface area contributed by atoms with Crippen molar-refractivity contribution in [1.82, 2.24) is 0 Å². The zero-order valence-electron chi connectivity index (χ0n) is 9.61.